The minimum absolute atomic E-state index is 0.0242. The summed E-state index contributed by atoms with van der Waals surface area (Å²) in [6.45, 7) is 3.33. The first-order valence-corrected chi connectivity index (χ1v) is 10.6. The summed E-state index contributed by atoms with van der Waals surface area (Å²) in [7, 11) is 0. The molecule has 0 N–H and O–H groups in total. The molecule has 2 aromatic carbocycles. The van der Waals surface area contributed by atoms with Crippen molar-refractivity contribution in [2.24, 2.45) is 0 Å². The zero-order chi connectivity index (χ0) is 24.8. The smallest absolute Gasteiger partial charge is 0.338 e. The van der Waals surface area contributed by atoms with Gasteiger partial charge in [0, 0.05) is 13.1 Å². The van der Waals surface area contributed by atoms with Crippen molar-refractivity contribution in [1.82, 2.24) is 4.90 Å². The zero-order valence-corrected chi connectivity index (χ0v) is 18.8. The van der Waals surface area contributed by atoms with E-state index < -0.39 is 30.3 Å². The molecule has 3 amide bonds. The van der Waals surface area contributed by atoms with Gasteiger partial charge in [-0.15, -0.1) is 0 Å². The van der Waals surface area contributed by atoms with Crippen LogP contribution in [-0.4, -0.2) is 48.3 Å². The largest absolute Gasteiger partial charge is 0.452 e. The van der Waals surface area contributed by atoms with E-state index in [0.717, 1.165) is 16.0 Å². The van der Waals surface area contributed by atoms with Gasteiger partial charge in [-0.2, -0.15) is 10.5 Å². The Kier molecular flexibility index (Phi) is 7.39. The van der Waals surface area contributed by atoms with E-state index in [9.17, 15) is 19.2 Å². The summed E-state index contributed by atoms with van der Waals surface area (Å²) in [5, 5.41) is 17.5. The van der Waals surface area contributed by atoms with Gasteiger partial charge in [-0.05, 0) is 49.2 Å². The van der Waals surface area contributed by atoms with Crippen molar-refractivity contribution in [3.8, 4) is 12.1 Å². The van der Waals surface area contributed by atoms with E-state index in [-0.39, 0.29) is 42.6 Å². The number of hydrogen-bond acceptors (Lipinski definition) is 7. The minimum Gasteiger partial charge on any atom is -0.452 e. The zero-order valence-electron chi connectivity index (χ0n) is 18.8. The van der Waals surface area contributed by atoms with Crippen molar-refractivity contribution < 1.29 is 23.9 Å². The average molecular weight is 458 g/mol. The molecule has 0 aliphatic carbocycles. The molecule has 0 bridgehead atoms. The Labute approximate surface area is 196 Å². The number of hydrogen-bond donors (Lipinski definition) is 0. The number of rotatable bonds is 8. The number of nitrogens with zero attached hydrogens (tertiary/aromatic N) is 4. The summed E-state index contributed by atoms with van der Waals surface area (Å²) in [6.07, 6.45) is 0.173. The van der Waals surface area contributed by atoms with Gasteiger partial charge in [-0.1, -0.05) is 12.1 Å². The highest BCUT2D eigenvalue weighted by atomic mass is 16.5. The lowest BCUT2D eigenvalue weighted by atomic mass is 10.1. The number of ether oxygens (including phenoxy) is 1. The second-order valence-corrected chi connectivity index (χ2v) is 7.77. The van der Waals surface area contributed by atoms with Gasteiger partial charge < -0.3 is 9.64 Å². The van der Waals surface area contributed by atoms with Crippen molar-refractivity contribution in [2.45, 2.75) is 26.7 Å². The Hall–Kier alpha value is -4.50. The van der Waals surface area contributed by atoms with E-state index >= 15 is 0 Å². The normalized spacial score (nSPS) is 12.1. The van der Waals surface area contributed by atoms with Crippen molar-refractivity contribution in [2.75, 3.05) is 24.6 Å². The Balaban J connectivity index is 1.74. The van der Waals surface area contributed by atoms with Gasteiger partial charge >= 0.3 is 5.97 Å². The summed E-state index contributed by atoms with van der Waals surface area (Å²) in [5.74, 6) is -2.39. The Bertz CT molecular complexity index is 1240. The molecule has 3 rings (SSSR count). The molecule has 9 heteroatoms. The molecule has 2 aromatic rings. The fourth-order valence-electron chi connectivity index (χ4n) is 3.58. The molecule has 0 saturated carbocycles. The van der Waals surface area contributed by atoms with Crippen LogP contribution >= 0.6 is 0 Å². The molecule has 1 aliphatic heterocycles. The Morgan fingerprint density at radius 2 is 1.59 bits per heavy atom. The number of fused-ring (bicyclic) bond motifs is 1. The molecule has 172 valence electrons. The van der Waals surface area contributed by atoms with Crippen molar-refractivity contribution in [3.63, 3.8) is 0 Å². The predicted molar refractivity (Wildman–Crippen MR) is 121 cm³/mol. The average Bonchev–Trinajstić information content (AvgIpc) is 3.08. The fraction of sp³-hybridized carbons (Fsp3) is 0.280. The van der Waals surface area contributed by atoms with Crippen LogP contribution in [0.3, 0.4) is 0 Å². The maximum Gasteiger partial charge on any atom is 0.338 e. The molecular formula is C25H22N4O5. The van der Waals surface area contributed by atoms with Crippen LogP contribution in [0.25, 0.3) is 0 Å². The van der Waals surface area contributed by atoms with Crippen molar-refractivity contribution in [1.29, 1.82) is 10.5 Å². The van der Waals surface area contributed by atoms with Crippen LogP contribution in [0.2, 0.25) is 0 Å². The number of amides is 3. The molecule has 1 heterocycles. The highest BCUT2D eigenvalue weighted by molar-refractivity contribution is 6.35. The van der Waals surface area contributed by atoms with Crippen LogP contribution < -0.4 is 4.90 Å². The molecule has 0 spiro atoms. The van der Waals surface area contributed by atoms with Crippen LogP contribution in [0.1, 0.15) is 55.0 Å². The number of anilines is 1. The predicted octanol–water partition coefficient (Wildman–Crippen LogP) is 2.92. The van der Waals surface area contributed by atoms with E-state index in [2.05, 4.69) is 0 Å². The lowest BCUT2D eigenvalue weighted by Gasteiger charge is -2.20. The van der Waals surface area contributed by atoms with E-state index in [4.69, 9.17) is 15.3 Å². The maximum absolute atomic E-state index is 13.0. The molecular weight excluding hydrogens is 436 g/mol. The summed E-state index contributed by atoms with van der Waals surface area (Å²) >= 11 is 0. The monoisotopic (exact) mass is 458 g/mol. The SMILES string of the molecule is Cc1ccc(C)c(N2C(=O)c3ccc(C(=O)OCC(=O)N(CCC#N)CCC#N)cc3C2=O)c1. The van der Waals surface area contributed by atoms with Crippen LogP contribution in [0.5, 0.6) is 0 Å². The second-order valence-electron chi connectivity index (χ2n) is 7.77. The van der Waals surface area contributed by atoms with Crippen LogP contribution in [-0.2, 0) is 9.53 Å². The first-order chi connectivity index (χ1) is 16.3. The third-order valence-electron chi connectivity index (χ3n) is 5.39. The molecule has 1 aliphatic rings. The molecule has 0 aromatic heterocycles. The van der Waals surface area contributed by atoms with E-state index in [1.807, 2.05) is 31.2 Å². The summed E-state index contributed by atoms with van der Waals surface area (Å²) in [6, 6.07) is 13.4. The van der Waals surface area contributed by atoms with Crippen LogP contribution in [0.15, 0.2) is 36.4 Å². The quantitative estimate of drug-likeness (QED) is 0.439. The first-order valence-electron chi connectivity index (χ1n) is 10.6. The minimum atomic E-state index is -0.831. The number of imide groups is 1. The Morgan fingerprint density at radius 1 is 0.941 bits per heavy atom. The van der Waals surface area contributed by atoms with Gasteiger partial charge in [-0.25, -0.2) is 9.69 Å². The summed E-state index contributed by atoms with van der Waals surface area (Å²) in [4.78, 5) is 53.2. The molecule has 0 fully saturated rings. The van der Waals surface area contributed by atoms with Crippen molar-refractivity contribution in [3.05, 3.63) is 64.2 Å². The lowest BCUT2D eigenvalue weighted by molar-refractivity contribution is -0.134. The van der Waals surface area contributed by atoms with E-state index in [1.54, 1.807) is 13.0 Å². The standard InChI is InChI=1S/C25H22N4O5/c1-16-5-6-17(2)21(13-16)29-23(31)19-8-7-18(14-20(19)24(29)32)25(33)34-15-22(30)28(11-3-9-26)12-4-10-27/h5-8,13-14H,3-4,11-12,15H2,1-2H3. The van der Waals surface area contributed by atoms with E-state index in [0.29, 0.717) is 5.69 Å². The van der Waals surface area contributed by atoms with Gasteiger partial charge in [0.1, 0.15) is 0 Å². The molecule has 0 saturated heterocycles. The molecule has 0 atom stereocenters. The summed E-state index contributed by atoms with van der Waals surface area (Å²) < 4.78 is 5.09. The number of benzene rings is 2. The highest BCUT2D eigenvalue weighted by Crippen LogP contribution is 2.31. The molecule has 0 unspecified atom stereocenters. The highest BCUT2D eigenvalue weighted by Gasteiger charge is 2.38. The fourth-order valence-corrected chi connectivity index (χ4v) is 3.58. The van der Waals surface area contributed by atoms with Gasteiger partial charge in [-0.3, -0.25) is 14.4 Å². The third-order valence-corrected chi connectivity index (χ3v) is 5.39. The number of carbonyl (C=O) groups is 4. The maximum atomic E-state index is 13.0. The Morgan fingerprint density at radius 3 is 2.24 bits per heavy atom. The topological polar surface area (TPSA) is 132 Å². The van der Waals surface area contributed by atoms with Crippen LogP contribution in [0, 0.1) is 36.5 Å². The number of aryl methyl sites for hydroxylation is 2. The molecule has 9 nitrogen and oxygen atoms in total. The van der Waals surface area contributed by atoms with Gasteiger partial charge in [0.2, 0.25) is 0 Å². The van der Waals surface area contributed by atoms with Crippen molar-refractivity contribution >= 4 is 29.4 Å². The molecule has 34 heavy (non-hydrogen) atoms. The number of nitriles is 2. The van der Waals surface area contributed by atoms with Gasteiger partial charge in [0.25, 0.3) is 17.7 Å². The van der Waals surface area contributed by atoms with Gasteiger partial charge in [0.05, 0.1) is 47.4 Å². The number of esters is 1. The van der Waals surface area contributed by atoms with Gasteiger partial charge in [0.15, 0.2) is 6.61 Å². The third kappa shape index (κ3) is 4.94. The number of carbonyl (C=O) groups excluding carboxylic acids is 4. The van der Waals surface area contributed by atoms with Crippen LogP contribution in [0.4, 0.5) is 5.69 Å². The first kappa shape index (κ1) is 24.1. The lowest BCUT2D eigenvalue weighted by Crippen LogP contribution is -2.36. The van der Waals surface area contributed by atoms with E-state index in [1.165, 1.54) is 23.1 Å². The molecule has 0 radical (unpaired) electrons. The summed E-state index contributed by atoms with van der Waals surface area (Å²) in [5.41, 5.74) is 2.42. The second kappa shape index (κ2) is 10.4.